The molecule has 0 saturated heterocycles. The van der Waals surface area contributed by atoms with Crippen LogP contribution in [0.25, 0.3) is 0 Å². The minimum absolute atomic E-state index is 0.00863. The third-order valence-electron chi connectivity index (χ3n) is 3.76. The van der Waals surface area contributed by atoms with Gasteiger partial charge in [-0.25, -0.2) is 0 Å². The maximum Gasteiger partial charge on any atom is 0.258 e. The van der Waals surface area contributed by atoms with Gasteiger partial charge in [-0.2, -0.15) is 0 Å². The Balaban J connectivity index is 2.03. The maximum absolute atomic E-state index is 12.5. The predicted molar refractivity (Wildman–Crippen MR) is 94.2 cm³/mol. The lowest BCUT2D eigenvalue weighted by Gasteiger charge is -2.17. The van der Waals surface area contributed by atoms with E-state index in [-0.39, 0.29) is 24.3 Å². The van der Waals surface area contributed by atoms with Gasteiger partial charge in [0.1, 0.15) is 0 Å². The fourth-order valence-electron chi connectivity index (χ4n) is 2.16. The Kier molecular flexibility index (Phi) is 6.09. The van der Waals surface area contributed by atoms with Gasteiger partial charge in [0.2, 0.25) is 0 Å². The molecule has 2 aromatic rings. The summed E-state index contributed by atoms with van der Waals surface area (Å²) < 4.78 is 0. The summed E-state index contributed by atoms with van der Waals surface area (Å²) >= 11 is 0. The van der Waals surface area contributed by atoms with Crippen molar-refractivity contribution in [2.24, 2.45) is 5.92 Å². The number of para-hydroxylation sites is 1. The molecule has 5 heteroatoms. The molecule has 5 nitrogen and oxygen atoms in total. The van der Waals surface area contributed by atoms with E-state index in [1.54, 1.807) is 36.2 Å². The van der Waals surface area contributed by atoms with Crippen LogP contribution >= 0.6 is 0 Å². The second-order valence-electron chi connectivity index (χ2n) is 5.77. The highest BCUT2D eigenvalue weighted by molar-refractivity contribution is 6.06. The molecule has 1 atom stereocenters. The number of nitrogens with zero attached hydrogens (tertiary/aromatic N) is 1. The third-order valence-corrected chi connectivity index (χ3v) is 3.76. The van der Waals surface area contributed by atoms with Crippen molar-refractivity contribution in [1.29, 1.82) is 0 Å². The van der Waals surface area contributed by atoms with Crippen molar-refractivity contribution in [3.63, 3.8) is 0 Å². The lowest BCUT2D eigenvalue weighted by molar-refractivity contribution is 0.0939. The molecule has 0 aliphatic heterocycles. The van der Waals surface area contributed by atoms with E-state index in [1.165, 1.54) is 0 Å². The van der Waals surface area contributed by atoms with Gasteiger partial charge in [0, 0.05) is 37.0 Å². The molecule has 0 radical (unpaired) electrons. The molecule has 0 aromatic heterocycles. The second kappa shape index (κ2) is 8.26. The Morgan fingerprint density at radius 1 is 1.04 bits per heavy atom. The first-order valence-corrected chi connectivity index (χ1v) is 7.85. The van der Waals surface area contributed by atoms with Crippen LogP contribution < -0.4 is 10.2 Å². The van der Waals surface area contributed by atoms with Crippen molar-refractivity contribution >= 4 is 17.5 Å². The summed E-state index contributed by atoms with van der Waals surface area (Å²) in [6.45, 7) is 2.29. The minimum Gasteiger partial charge on any atom is -0.396 e. The molecule has 0 bridgehead atoms. The van der Waals surface area contributed by atoms with Crippen LogP contribution in [0.4, 0.5) is 5.69 Å². The second-order valence-corrected chi connectivity index (χ2v) is 5.77. The van der Waals surface area contributed by atoms with E-state index in [4.69, 9.17) is 5.11 Å². The van der Waals surface area contributed by atoms with Gasteiger partial charge in [-0.1, -0.05) is 25.1 Å². The first-order chi connectivity index (χ1) is 11.5. The molecule has 126 valence electrons. The highest BCUT2D eigenvalue weighted by atomic mass is 16.3. The summed E-state index contributed by atoms with van der Waals surface area (Å²) in [5.74, 6) is -0.345. The highest BCUT2D eigenvalue weighted by Gasteiger charge is 2.14. The van der Waals surface area contributed by atoms with Gasteiger partial charge in [-0.15, -0.1) is 0 Å². The Hall–Kier alpha value is -2.66. The van der Waals surface area contributed by atoms with Crippen molar-refractivity contribution in [3.8, 4) is 0 Å². The normalized spacial score (nSPS) is 11.6. The van der Waals surface area contributed by atoms with Crippen LogP contribution in [0.2, 0.25) is 0 Å². The van der Waals surface area contributed by atoms with E-state index < -0.39 is 0 Å². The quantitative estimate of drug-likeness (QED) is 0.856. The molecule has 0 aliphatic carbocycles. The third kappa shape index (κ3) is 4.43. The Labute approximate surface area is 141 Å². The Morgan fingerprint density at radius 2 is 1.62 bits per heavy atom. The Morgan fingerprint density at radius 3 is 2.21 bits per heavy atom. The molecule has 1 unspecified atom stereocenters. The van der Waals surface area contributed by atoms with Crippen LogP contribution in [0.3, 0.4) is 0 Å². The first-order valence-electron chi connectivity index (χ1n) is 7.85. The zero-order valence-electron chi connectivity index (χ0n) is 13.9. The van der Waals surface area contributed by atoms with E-state index in [0.717, 1.165) is 5.69 Å². The molecule has 2 amide bonds. The van der Waals surface area contributed by atoms with Crippen LogP contribution in [0.1, 0.15) is 27.6 Å². The number of aliphatic hydroxyl groups is 1. The molecule has 2 aromatic carbocycles. The van der Waals surface area contributed by atoms with E-state index in [2.05, 4.69) is 5.32 Å². The molecule has 0 aliphatic rings. The lowest BCUT2D eigenvalue weighted by Crippen LogP contribution is -2.29. The summed E-state index contributed by atoms with van der Waals surface area (Å²) in [5, 5.41) is 11.7. The smallest absolute Gasteiger partial charge is 0.258 e. The number of rotatable bonds is 6. The van der Waals surface area contributed by atoms with Crippen molar-refractivity contribution in [3.05, 3.63) is 65.7 Å². The number of hydrogen-bond acceptors (Lipinski definition) is 3. The molecule has 0 heterocycles. The van der Waals surface area contributed by atoms with Gasteiger partial charge in [-0.3, -0.25) is 9.59 Å². The van der Waals surface area contributed by atoms with E-state index in [1.807, 2.05) is 37.3 Å². The number of aliphatic hydroxyl groups excluding tert-OH is 1. The molecular formula is C19H22N2O3. The van der Waals surface area contributed by atoms with Crippen molar-refractivity contribution in [1.82, 2.24) is 5.32 Å². The van der Waals surface area contributed by atoms with E-state index >= 15 is 0 Å². The summed E-state index contributed by atoms with van der Waals surface area (Å²) in [6, 6.07) is 15.9. The number of anilines is 1. The first kappa shape index (κ1) is 17.7. The average molecular weight is 326 g/mol. The largest absolute Gasteiger partial charge is 0.396 e. The zero-order valence-corrected chi connectivity index (χ0v) is 13.9. The average Bonchev–Trinajstić information content (AvgIpc) is 2.65. The Bertz CT molecular complexity index is 684. The summed E-state index contributed by atoms with van der Waals surface area (Å²) in [7, 11) is 1.72. The number of carbonyl (C=O) groups excluding carboxylic acids is 2. The summed E-state index contributed by atoms with van der Waals surface area (Å²) in [6.07, 6.45) is 0. The molecule has 2 N–H and O–H groups in total. The number of nitrogens with one attached hydrogen (secondary N) is 1. The summed E-state index contributed by atoms with van der Waals surface area (Å²) in [5.41, 5.74) is 1.81. The van der Waals surface area contributed by atoms with Crippen LogP contribution in [-0.2, 0) is 0 Å². The van der Waals surface area contributed by atoms with Gasteiger partial charge in [-0.05, 0) is 42.3 Å². The van der Waals surface area contributed by atoms with E-state index in [0.29, 0.717) is 17.7 Å². The van der Waals surface area contributed by atoms with Gasteiger partial charge in [0.25, 0.3) is 11.8 Å². The molecule has 0 saturated carbocycles. The molecule has 2 rings (SSSR count). The standard InChI is InChI=1S/C19H22N2O3/c1-14(13-22)12-20-18(23)15-8-10-16(11-9-15)19(24)21(2)17-6-4-3-5-7-17/h3-11,14,22H,12-13H2,1-2H3,(H,20,23). The molecule has 24 heavy (non-hydrogen) atoms. The van der Waals surface area contributed by atoms with E-state index in [9.17, 15) is 9.59 Å². The molecular weight excluding hydrogens is 304 g/mol. The van der Waals surface area contributed by atoms with Gasteiger partial charge < -0.3 is 15.3 Å². The number of benzene rings is 2. The van der Waals surface area contributed by atoms with Crippen molar-refractivity contribution < 1.29 is 14.7 Å². The van der Waals surface area contributed by atoms with Crippen molar-refractivity contribution in [2.75, 3.05) is 25.1 Å². The van der Waals surface area contributed by atoms with Crippen LogP contribution in [0, 0.1) is 5.92 Å². The predicted octanol–water partition coefficient (Wildman–Crippen LogP) is 2.32. The fourth-order valence-corrected chi connectivity index (χ4v) is 2.16. The zero-order chi connectivity index (χ0) is 17.5. The molecule has 0 spiro atoms. The van der Waals surface area contributed by atoms with Crippen LogP contribution in [0.5, 0.6) is 0 Å². The molecule has 0 fully saturated rings. The number of amides is 2. The maximum atomic E-state index is 12.5. The van der Waals surface area contributed by atoms with Crippen LogP contribution in [0.15, 0.2) is 54.6 Å². The highest BCUT2D eigenvalue weighted by Crippen LogP contribution is 2.15. The fraction of sp³-hybridized carbons (Fsp3) is 0.263. The monoisotopic (exact) mass is 326 g/mol. The number of hydrogen-bond donors (Lipinski definition) is 2. The number of carbonyl (C=O) groups is 2. The van der Waals surface area contributed by atoms with Crippen molar-refractivity contribution in [2.45, 2.75) is 6.92 Å². The van der Waals surface area contributed by atoms with Gasteiger partial charge in [0.15, 0.2) is 0 Å². The SMILES string of the molecule is CC(CO)CNC(=O)c1ccc(C(=O)N(C)c2ccccc2)cc1. The van der Waals surface area contributed by atoms with Gasteiger partial charge in [0.05, 0.1) is 0 Å². The van der Waals surface area contributed by atoms with Crippen LogP contribution in [-0.4, -0.2) is 37.1 Å². The minimum atomic E-state index is -0.217. The van der Waals surface area contributed by atoms with Gasteiger partial charge >= 0.3 is 0 Å². The lowest BCUT2D eigenvalue weighted by atomic mass is 10.1. The summed E-state index contributed by atoms with van der Waals surface area (Å²) in [4.78, 5) is 26.1. The topological polar surface area (TPSA) is 69.6 Å².